The predicted octanol–water partition coefficient (Wildman–Crippen LogP) is 2.19. The summed E-state index contributed by atoms with van der Waals surface area (Å²) in [6.45, 7) is 8.38. The lowest BCUT2D eigenvalue weighted by Gasteiger charge is -2.27. The molecule has 2 saturated heterocycles. The molecule has 4 heteroatoms. The molecule has 1 amide bonds. The number of hydrogen-bond acceptors (Lipinski definition) is 3. The fourth-order valence-electron chi connectivity index (χ4n) is 3.32. The third kappa shape index (κ3) is 1.79. The molecule has 18 heavy (non-hydrogen) atoms. The standard InChI is InChI=1S/C14H20N2OS/c1-8-4-13(18-10(8)3)14(17)16-9(2)5-11-6-15-7-12(11)16/h4,9,11-12,15H,5-7H2,1-3H3. The first-order chi connectivity index (χ1) is 8.58. The van der Waals surface area contributed by atoms with Gasteiger partial charge in [0, 0.05) is 30.1 Å². The van der Waals surface area contributed by atoms with E-state index in [1.807, 2.05) is 6.07 Å². The molecule has 2 aliphatic rings. The highest BCUT2D eigenvalue weighted by molar-refractivity contribution is 7.14. The first kappa shape index (κ1) is 12.2. The molecule has 3 heterocycles. The number of carbonyl (C=O) groups excluding carboxylic acids is 1. The summed E-state index contributed by atoms with van der Waals surface area (Å²) >= 11 is 1.63. The van der Waals surface area contributed by atoms with Crippen LogP contribution in [-0.2, 0) is 0 Å². The van der Waals surface area contributed by atoms with Crippen LogP contribution in [-0.4, -0.2) is 36.0 Å². The van der Waals surface area contributed by atoms with Crippen molar-refractivity contribution < 1.29 is 4.79 Å². The van der Waals surface area contributed by atoms with Gasteiger partial charge in [0.2, 0.25) is 0 Å². The summed E-state index contributed by atoms with van der Waals surface area (Å²) in [6, 6.07) is 2.85. The summed E-state index contributed by atoms with van der Waals surface area (Å²) in [7, 11) is 0. The van der Waals surface area contributed by atoms with Gasteiger partial charge in [0.05, 0.1) is 4.88 Å². The van der Waals surface area contributed by atoms with E-state index < -0.39 is 0 Å². The molecular formula is C14H20N2OS. The minimum atomic E-state index is 0.236. The van der Waals surface area contributed by atoms with Gasteiger partial charge in [-0.1, -0.05) is 0 Å². The van der Waals surface area contributed by atoms with Gasteiger partial charge in [-0.15, -0.1) is 11.3 Å². The second-order valence-corrected chi connectivity index (χ2v) is 6.89. The van der Waals surface area contributed by atoms with Crippen LogP contribution < -0.4 is 5.32 Å². The van der Waals surface area contributed by atoms with E-state index >= 15 is 0 Å². The Kier molecular flexibility index (Phi) is 2.94. The van der Waals surface area contributed by atoms with E-state index in [0.29, 0.717) is 18.0 Å². The normalized spacial score (nSPS) is 30.8. The summed E-state index contributed by atoms with van der Waals surface area (Å²) in [5.74, 6) is 0.894. The summed E-state index contributed by atoms with van der Waals surface area (Å²) in [5.41, 5.74) is 1.23. The minimum Gasteiger partial charge on any atom is -0.331 e. The number of thiophene rings is 1. The molecule has 0 radical (unpaired) electrons. The maximum absolute atomic E-state index is 12.7. The first-order valence-corrected chi connectivity index (χ1v) is 7.50. The van der Waals surface area contributed by atoms with E-state index in [4.69, 9.17) is 0 Å². The fraction of sp³-hybridized carbons (Fsp3) is 0.643. The molecular weight excluding hydrogens is 244 g/mol. The highest BCUT2D eigenvalue weighted by atomic mass is 32.1. The lowest BCUT2D eigenvalue weighted by atomic mass is 10.0. The topological polar surface area (TPSA) is 32.3 Å². The second kappa shape index (κ2) is 4.35. The van der Waals surface area contributed by atoms with Gasteiger partial charge in [-0.25, -0.2) is 0 Å². The zero-order valence-electron chi connectivity index (χ0n) is 11.2. The molecule has 3 unspecified atom stereocenters. The average Bonchev–Trinajstić information content (AvgIpc) is 2.94. The van der Waals surface area contributed by atoms with Crippen LogP contribution in [0.15, 0.2) is 6.07 Å². The zero-order valence-corrected chi connectivity index (χ0v) is 12.0. The second-order valence-electron chi connectivity index (χ2n) is 5.63. The van der Waals surface area contributed by atoms with Crippen LogP contribution in [0.5, 0.6) is 0 Å². The molecule has 3 atom stereocenters. The molecule has 98 valence electrons. The number of nitrogens with one attached hydrogen (secondary N) is 1. The SMILES string of the molecule is Cc1cc(C(=O)N2C(C)CC3CNCC32)sc1C. The fourth-order valence-corrected chi connectivity index (χ4v) is 4.30. The van der Waals surface area contributed by atoms with Crippen molar-refractivity contribution in [3.05, 3.63) is 21.4 Å². The largest absolute Gasteiger partial charge is 0.331 e. The Bertz CT molecular complexity index is 463. The highest BCUT2D eigenvalue weighted by Gasteiger charge is 2.44. The van der Waals surface area contributed by atoms with Gasteiger partial charge in [-0.2, -0.15) is 0 Å². The summed E-state index contributed by atoms with van der Waals surface area (Å²) in [5, 5.41) is 3.41. The monoisotopic (exact) mass is 264 g/mol. The molecule has 2 aliphatic heterocycles. The van der Waals surface area contributed by atoms with Crippen LogP contribution in [0.25, 0.3) is 0 Å². The number of aryl methyl sites for hydroxylation is 2. The summed E-state index contributed by atoms with van der Waals surface area (Å²) in [4.78, 5) is 17.0. The number of likely N-dealkylation sites (tertiary alicyclic amines) is 1. The van der Waals surface area contributed by atoms with Gasteiger partial charge in [0.15, 0.2) is 0 Å². The number of hydrogen-bond donors (Lipinski definition) is 1. The van der Waals surface area contributed by atoms with Gasteiger partial charge >= 0.3 is 0 Å². The Labute approximate surface area is 112 Å². The molecule has 0 spiro atoms. The Morgan fingerprint density at radius 1 is 1.44 bits per heavy atom. The number of amides is 1. The van der Waals surface area contributed by atoms with Gasteiger partial charge in [-0.3, -0.25) is 4.79 Å². The quantitative estimate of drug-likeness (QED) is 0.843. The molecule has 0 saturated carbocycles. The van der Waals surface area contributed by atoms with Crippen molar-refractivity contribution in [2.24, 2.45) is 5.92 Å². The molecule has 0 bridgehead atoms. The smallest absolute Gasteiger partial charge is 0.264 e. The van der Waals surface area contributed by atoms with E-state index in [-0.39, 0.29) is 5.91 Å². The van der Waals surface area contributed by atoms with E-state index in [2.05, 4.69) is 31.0 Å². The van der Waals surface area contributed by atoms with Gasteiger partial charge in [-0.05, 0) is 44.7 Å². The Morgan fingerprint density at radius 2 is 2.22 bits per heavy atom. The van der Waals surface area contributed by atoms with Crippen molar-refractivity contribution in [1.29, 1.82) is 0 Å². The zero-order chi connectivity index (χ0) is 12.9. The van der Waals surface area contributed by atoms with Crippen molar-refractivity contribution in [3.63, 3.8) is 0 Å². The van der Waals surface area contributed by atoms with Crippen molar-refractivity contribution in [3.8, 4) is 0 Å². The molecule has 1 N–H and O–H groups in total. The van der Waals surface area contributed by atoms with Crippen LogP contribution in [0.3, 0.4) is 0 Å². The maximum Gasteiger partial charge on any atom is 0.264 e. The first-order valence-electron chi connectivity index (χ1n) is 6.68. The third-order valence-electron chi connectivity index (χ3n) is 4.39. The van der Waals surface area contributed by atoms with Gasteiger partial charge in [0.1, 0.15) is 0 Å². The predicted molar refractivity (Wildman–Crippen MR) is 74.2 cm³/mol. The summed E-state index contributed by atoms with van der Waals surface area (Å²) < 4.78 is 0. The number of rotatable bonds is 1. The Balaban J connectivity index is 1.87. The van der Waals surface area contributed by atoms with Crippen LogP contribution >= 0.6 is 11.3 Å². The lowest BCUT2D eigenvalue weighted by Crippen LogP contribution is -2.42. The highest BCUT2D eigenvalue weighted by Crippen LogP contribution is 2.34. The number of nitrogens with zero attached hydrogens (tertiary/aromatic N) is 1. The van der Waals surface area contributed by atoms with Crippen LogP contribution in [0, 0.1) is 19.8 Å². The van der Waals surface area contributed by atoms with Crippen molar-refractivity contribution in [1.82, 2.24) is 10.2 Å². The Morgan fingerprint density at radius 3 is 2.89 bits per heavy atom. The molecule has 3 nitrogen and oxygen atoms in total. The van der Waals surface area contributed by atoms with Crippen molar-refractivity contribution >= 4 is 17.2 Å². The minimum absolute atomic E-state index is 0.236. The van der Waals surface area contributed by atoms with Crippen LogP contribution in [0.1, 0.15) is 33.5 Å². The molecule has 1 aromatic heterocycles. The molecule has 3 rings (SSSR count). The lowest BCUT2D eigenvalue weighted by molar-refractivity contribution is 0.0687. The average molecular weight is 264 g/mol. The van der Waals surface area contributed by atoms with Crippen molar-refractivity contribution in [2.45, 2.75) is 39.3 Å². The molecule has 0 aliphatic carbocycles. The van der Waals surface area contributed by atoms with Crippen molar-refractivity contribution in [2.75, 3.05) is 13.1 Å². The van der Waals surface area contributed by atoms with E-state index in [1.165, 1.54) is 10.4 Å². The van der Waals surface area contributed by atoms with E-state index in [0.717, 1.165) is 24.4 Å². The van der Waals surface area contributed by atoms with Gasteiger partial charge < -0.3 is 10.2 Å². The van der Waals surface area contributed by atoms with Crippen LogP contribution in [0.4, 0.5) is 0 Å². The van der Waals surface area contributed by atoms with Gasteiger partial charge in [0.25, 0.3) is 5.91 Å². The van der Waals surface area contributed by atoms with E-state index in [9.17, 15) is 4.79 Å². The molecule has 0 aromatic carbocycles. The molecule has 1 aromatic rings. The maximum atomic E-state index is 12.7. The van der Waals surface area contributed by atoms with E-state index in [1.54, 1.807) is 11.3 Å². The summed E-state index contributed by atoms with van der Waals surface area (Å²) in [6.07, 6.45) is 1.15. The number of carbonyl (C=O) groups is 1. The third-order valence-corrected chi connectivity index (χ3v) is 5.53. The molecule has 2 fully saturated rings. The van der Waals surface area contributed by atoms with Crippen LogP contribution in [0.2, 0.25) is 0 Å². The number of fused-ring (bicyclic) bond motifs is 1. The Hall–Kier alpha value is -0.870.